The zero-order valence-corrected chi connectivity index (χ0v) is 11.5. The molecule has 1 heterocycles. The van der Waals surface area contributed by atoms with Crippen molar-refractivity contribution < 1.29 is 4.74 Å². The fraction of sp³-hybridized carbons (Fsp3) is 0.667. The van der Waals surface area contributed by atoms with Crippen LogP contribution in [0.25, 0.3) is 0 Å². The van der Waals surface area contributed by atoms with Gasteiger partial charge in [0.15, 0.2) is 0 Å². The van der Waals surface area contributed by atoms with Crippen LogP contribution in [0.1, 0.15) is 37.3 Å². The molecule has 92 valence electrons. The molecule has 2 unspecified atom stereocenters. The molecule has 16 heavy (non-hydrogen) atoms. The fourth-order valence-corrected chi connectivity index (χ4v) is 3.00. The van der Waals surface area contributed by atoms with Crippen molar-refractivity contribution in [3.05, 3.63) is 21.9 Å². The predicted molar refractivity (Wildman–Crippen MR) is 69.4 cm³/mol. The minimum Gasteiger partial charge on any atom is -0.379 e. The molecule has 2 atom stereocenters. The minimum absolute atomic E-state index is 0.0439. The lowest BCUT2D eigenvalue weighted by atomic mass is 9.83. The van der Waals surface area contributed by atoms with Crippen molar-refractivity contribution in [1.82, 2.24) is 5.43 Å². The molecule has 3 nitrogen and oxygen atoms in total. The van der Waals surface area contributed by atoms with Gasteiger partial charge in [0.1, 0.15) is 0 Å². The highest BCUT2D eigenvalue weighted by Crippen LogP contribution is 2.35. The average Bonchev–Trinajstić information content (AvgIpc) is 2.58. The van der Waals surface area contributed by atoms with Gasteiger partial charge in [-0.3, -0.25) is 5.84 Å². The number of aryl methyl sites for hydroxylation is 1. The maximum Gasteiger partial charge on any atom is 0.0835 e. The Morgan fingerprint density at radius 1 is 1.44 bits per heavy atom. The summed E-state index contributed by atoms with van der Waals surface area (Å²) in [5.74, 6) is 5.68. The van der Waals surface area contributed by atoms with Gasteiger partial charge in [0.25, 0.3) is 0 Å². The summed E-state index contributed by atoms with van der Waals surface area (Å²) in [6.45, 7) is 8.59. The summed E-state index contributed by atoms with van der Waals surface area (Å²) in [5, 5.41) is 2.09. The van der Waals surface area contributed by atoms with E-state index in [9.17, 15) is 0 Å². The molecule has 0 amide bonds. The third kappa shape index (κ3) is 2.83. The number of ether oxygens (including phenoxy) is 1. The van der Waals surface area contributed by atoms with E-state index in [0.29, 0.717) is 0 Å². The van der Waals surface area contributed by atoms with Crippen molar-refractivity contribution in [1.29, 1.82) is 0 Å². The molecule has 1 aromatic rings. The summed E-state index contributed by atoms with van der Waals surface area (Å²) >= 11 is 1.72. The van der Waals surface area contributed by atoms with Crippen LogP contribution in [-0.2, 0) is 4.74 Å². The van der Waals surface area contributed by atoms with Crippen molar-refractivity contribution >= 4 is 11.3 Å². The van der Waals surface area contributed by atoms with Crippen LogP contribution >= 0.6 is 11.3 Å². The SMILES string of the molecule is COC(C(NN)c1sccc1C)C(C)(C)C. The molecule has 0 saturated heterocycles. The molecule has 1 aromatic heterocycles. The van der Waals surface area contributed by atoms with E-state index in [-0.39, 0.29) is 17.6 Å². The maximum absolute atomic E-state index is 5.68. The van der Waals surface area contributed by atoms with Gasteiger partial charge < -0.3 is 4.74 Å². The van der Waals surface area contributed by atoms with Crippen LogP contribution in [0.15, 0.2) is 11.4 Å². The number of nitrogens with two attached hydrogens (primary N) is 1. The lowest BCUT2D eigenvalue weighted by molar-refractivity contribution is -0.0112. The number of hydrogen-bond acceptors (Lipinski definition) is 4. The first kappa shape index (κ1) is 13.6. The first-order chi connectivity index (χ1) is 7.41. The van der Waals surface area contributed by atoms with Crippen LogP contribution in [-0.4, -0.2) is 13.2 Å². The van der Waals surface area contributed by atoms with E-state index in [4.69, 9.17) is 10.6 Å². The quantitative estimate of drug-likeness (QED) is 0.630. The maximum atomic E-state index is 5.68. The van der Waals surface area contributed by atoms with Gasteiger partial charge in [0, 0.05) is 12.0 Å². The van der Waals surface area contributed by atoms with Crippen molar-refractivity contribution in [3.8, 4) is 0 Å². The van der Waals surface area contributed by atoms with Crippen molar-refractivity contribution in [2.24, 2.45) is 11.3 Å². The Bertz CT molecular complexity index is 330. The number of nitrogens with one attached hydrogen (secondary N) is 1. The van der Waals surface area contributed by atoms with Crippen LogP contribution in [0.3, 0.4) is 0 Å². The second-order valence-electron chi connectivity index (χ2n) is 5.13. The zero-order valence-electron chi connectivity index (χ0n) is 10.7. The summed E-state index contributed by atoms with van der Waals surface area (Å²) in [6.07, 6.45) is 0.0508. The van der Waals surface area contributed by atoms with Crippen LogP contribution in [0.5, 0.6) is 0 Å². The van der Waals surface area contributed by atoms with Gasteiger partial charge in [-0.2, -0.15) is 0 Å². The first-order valence-electron chi connectivity index (χ1n) is 5.44. The number of thiophene rings is 1. The van der Waals surface area contributed by atoms with Crippen molar-refractivity contribution in [2.75, 3.05) is 7.11 Å². The first-order valence-corrected chi connectivity index (χ1v) is 6.32. The van der Waals surface area contributed by atoms with E-state index in [1.165, 1.54) is 10.4 Å². The highest BCUT2D eigenvalue weighted by molar-refractivity contribution is 7.10. The number of rotatable bonds is 4. The highest BCUT2D eigenvalue weighted by atomic mass is 32.1. The Kier molecular flexibility index (Phi) is 4.50. The van der Waals surface area contributed by atoms with Gasteiger partial charge >= 0.3 is 0 Å². The number of hydrazine groups is 1. The highest BCUT2D eigenvalue weighted by Gasteiger charge is 2.34. The Balaban J connectivity index is 3.02. The summed E-state index contributed by atoms with van der Waals surface area (Å²) in [4.78, 5) is 1.25. The molecule has 0 saturated carbocycles. The smallest absolute Gasteiger partial charge is 0.0835 e. The van der Waals surface area contributed by atoms with E-state index in [1.54, 1.807) is 18.4 Å². The second-order valence-corrected chi connectivity index (χ2v) is 6.08. The Morgan fingerprint density at radius 3 is 2.38 bits per heavy atom. The molecular formula is C12H22N2OS. The Labute approximate surface area is 102 Å². The third-order valence-electron chi connectivity index (χ3n) is 2.77. The zero-order chi connectivity index (χ0) is 12.3. The van der Waals surface area contributed by atoms with Gasteiger partial charge in [-0.15, -0.1) is 11.3 Å². The average molecular weight is 242 g/mol. The molecule has 0 radical (unpaired) electrons. The minimum atomic E-state index is 0.0439. The van der Waals surface area contributed by atoms with E-state index in [2.05, 4.69) is 44.6 Å². The Morgan fingerprint density at radius 2 is 2.06 bits per heavy atom. The Hall–Kier alpha value is -0.420. The van der Waals surface area contributed by atoms with Gasteiger partial charge in [-0.25, -0.2) is 5.43 Å². The molecule has 0 aliphatic rings. The third-order valence-corrected chi connectivity index (χ3v) is 3.88. The molecular weight excluding hydrogens is 220 g/mol. The van der Waals surface area contributed by atoms with Gasteiger partial charge in [0.05, 0.1) is 12.1 Å². The summed E-state index contributed by atoms with van der Waals surface area (Å²) in [5.41, 5.74) is 4.20. The lowest BCUT2D eigenvalue weighted by Gasteiger charge is -2.35. The van der Waals surface area contributed by atoms with Crippen LogP contribution < -0.4 is 11.3 Å². The van der Waals surface area contributed by atoms with Crippen molar-refractivity contribution in [2.45, 2.75) is 39.8 Å². The number of methoxy groups -OCH3 is 1. The van der Waals surface area contributed by atoms with Gasteiger partial charge in [-0.05, 0) is 29.3 Å². The molecule has 0 spiro atoms. The largest absolute Gasteiger partial charge is 0.379 e. The second kappa shape index (κ2) is 5.27. The summed E-state index contributed by atoms with van der Waals surface area (Å²) in [7, 11) is 1.74. The summed E-state index contributed by atoms with van der Waals surface area (Å²) in [6, 6.07) is 2.16. The van der Waals surface area contributed by atoms with E-state index in [0.717, 1.165) is 0 Å². The summed E-state index contributed by atoms with van der Waals surface area (Å²) < 4.78 is 5.61. The topological polar surface area (TPSA) is 47.3 Å². The molecule has 0 aliphatic carbocycles. The number of hydrogen-bond donors (Lipinski definition) is 2. The molecule has 0 fully saturated rings. The van der Waals surface area contributed by atoms with E-state index < -0.39 is 0 Å². The lowest BCUT2D eigenvalue weighted by Crippen LogP contribution is -2.44. The monoisotopic (exact) mass is 242 g/mol. The molecule has 0 aliphatic heterocycles. The molecule has 3 N–H and O–H groups in total. The van der Waals surface area contributed by atoms with Crippen LogP contribution in [0.2, 0.25) is 0 Å². The van der Waals surface area contributed by atoms with Crippen LogP contribution in [0.4, 0.5) is 0 Å². The molecule has 4 heteroatoms. The van der Waals surface area contributed by atoms with Gasteiger partial charge in [0.2, 0.25) is 0 Å². The van der Waals surface area contributed by atoms with Gasteiger partial charge in [-0.1, -0.05) is 20.8 Å². The molecule has 1 rings (SSSR count). The van der Waals surface area contributed by atoms with E-state index in [1.807, 2.05) is 0 Å². The van der Waals surface area contributed by atoms with Crippen LogP contribution in [0, 0.1) is 12.3 Å². The predicted octanol–water partition coefficient (Wildman–Crippen LogP) is 2.62. The molecule has 0 bridgehead atoms. The fourth-order valence-electron chi connectivity index (χ4n) is 1.99. The van der Waals surface area contributed by atoms with Crippen molar-refractivity contribution in [3.63, 3.8) is 0 Å². The normalized spacial score (nSPS) is 16.1. The molecule has 0 aromatic carbocycles. The standard InChI is InChI=1S/C12H22N2OS/c1-8-6-7-16-10(8)9(14-13)11(15-5)12(2,3)4/h6-7,9,11,14H,13H2,1-5H3. The van der Waals surface area contributed by atoms with E-state index >= 15 is 0 Å².